The van der Waals surface area contributed by atoms with E-state index in [1.807, 2.05) is 0 Å². The number of aliphatic hydroxyl groups excluding tert-OH is 4. The number of rotatable bonds is 0. The monoisotopic (exact) mass is 232 g/mol. The van der Waals surface area contributed by atoms with Crippen LogP contribution >= 0.6 is 0 Å². The predicted molar refractivity (Wildman–Crippen MR) is 51.0 cm³/mol. The van der Waals surface area contributed by atoms with Gasteiger partial charge in [0.2, 0.25) is 0 Å². The molecule has 0 atom stereocenters. The van der Waals surface area contributed by atoms with E-state index in [0.29, 0.717) is 0 Å². The molecule has 0 spiro atoms. The molecule has 0 aromatic heterocycles. The zero-order chi connectivity index (χ0) is 10.8. The minimum Gasteiger partial charge on any atom is -0.397 e. The zero-order valence-electron chi connectivity index (χ0n) is 9.12. The topological polar surface area (TPSA) is 80.9 Å². The number of hydrogen-bond donors (Lipinski definition) is 4. The Bertz CT molecular complexity index is 24.1. The molecule has 80 valence electrons. The molecule has 5 heteroatoms. The summed E-state index contributed by atoms with van der Waals surface area (Å²) in [6.45, 7) is 7.72. The van der Waals surface area contributed by atoms with Gasteiger partial charge in [-0.05, 0) is 27.7 Å². The third-order valence-corrected chi connectivity index (χ3v) is 0. The van der Waals surface area contributed by atoms with Gasteiger partial charge in [-0.1, -0.05) is 0 Å². The van der Waals surface area contributed by atoms with Crippen molar-refractivity contribution >= 4 is 0 Å². The fourth-order valence-electron chi connectivity index (χ4n) is 0. The summed E-state index contributed by atoms with van der Waals surface area (Å²) in [5.41, 5.74) is 0. The van der Waals surface area contributed by atoms with Crippen LogP contribution in [0.3, 0.4) is 0 Å². The minimum atomic E-state index is 0. The maximum Gasteiger partial charge on any atom is 4.00 e. The van der Waals surface area contributed by atoms with Crippen molar-refractivity contribution in [1.29, 1.82) is 0 Å². The van der Waals surface area contributed by atoms with Crippen molar-refractivity contribution in [1.82, 2.24) is 0 Å². The second-order valence-corrected chi connectivity index (χ2v) is 1.26. The fourth-order valence-corrected chi connectivity index (χ4v) is 0. The van der Waals surface area contributed by atoms with Crippen LogP contribution in [0.2, 0.25) is 0 Å². The molecule has 0 aliphatic carbocycles. The molecule has 0 amide bonds. The molecule has 0 aliphatic heterocycles. The molecule has 0 saturated heterocycles. The second kappa shape index (κ2) is 80.8. The first-order valence-electron chi connectivity index (χ1n) is 4.09. The molecule has 0 saturated carbocycles. The van der Waals surface area contributed by atoms with Gasteiger partial charge in [-0.3, -0.25) is 0 Å². The summed E-state index contributed by atoms with van der Waals surface area (Å²) in [6.07, 6.45) is 0. The van der Waals surface area contributed by atoms with E-state index < -0.39 is 0 Å². The molecule has 0 bridgehead atoms. The van der Waals surface area contributed by atoms with Gasteiger partial charge < -0.3 is 20.4 Å². The molecule has 0 unspecified atom stereocenters. The Labute approximate surface area is 96.5 Å². The minimum absolute atomic E-state index is 0. The normalized spacial score (nSPS) is 5.54. The van der Waals surface area contributed by atoms with E-state index in [1.165, 1.54) is 0 Å². The van der Waals surface area contributed by atoms with Crippen molar-refractivity contribution in [2.24, 2.45) is 0 Å². The van der Waals surface area contributed by atoms with Crippen LogP contribution in [-0.4, -0.2) is 46.9 Å². The molecule has 0 fully saturated rings. The fraction of sp³-hybridized carbons (Fsp3) is 1.00. The van der Waals surface area contributed by atoms with Gasteiger partial charge in [0.15, 0.2) is 0 Å². The van der Waals surface area contributed by atoms with Crippen LogP contribution in [0.4, 0.5) is 0 Å². The third-order valence-electron chi connectivity index (χ3n) is 0. The summed E-state index contributed by atoms with van der Waals surface area (Å²) in [6, 6.07) is 0. The first-order valence-corrected chi connectivity index (χ1v) is 4.09. The van der Waals surface area contributed by atoms with Gasteiger partial charge in [0.1, 0.15) is 0 Å². The largest absolute Gasteiger partial charge is 4.00 e. The summed E-state index contributed by atoms with van der Waals surface area (Å²) in [4.78, 5) is 0. The SMILES string of the molecule is CCO.CCO.CCO.CCO.[Ti+4]. The molecule has 13 heavy (non-hydrogen) atoms. The first-order chi connectivity index (χ1) is 5.66. The Hall–Kier alpha value is 0.554. The Balaban J connectivity index is -0.0000000213. The summed E-state index contributed by atoms with van der Waals surface area (Å²) in [5, 5.41) is 30.3. The molecular weight excluding hydrogens is 208 g/mol. The van der Waals surface area contributed by atoms with Gasteiger partial charge in [-0.25, -0.2) is 0 Å². The first kappa shape index (κ1) is 29.2. The van der Waals surface area contributed by atoms with Crippen molar-refractivity contribution < 1.29 is 42.1 Å². The number of hydrogen-bond acceptors (Lipinski definition) is 4. The van der Waals surface area contributed by atoms with Crippen LogP contribution < -0.4 is 0 Å². The summed E-state index contributed by atoms with van der Waals surface area (Å²) in [5.74, 6) is 0. The molecule has 0 heterocycles. The average Bonchev–Trinajstić information content (AvgIpc) is 1.92. The molecular formula is C8H24O4Ti+4. The Kier molecular flexibility index (Phi) is 181. The Morgan fingerprint density at radius 2 is 0.538 bits per heavy atom. The third kappa shape index (κ3) is 4550. The maximum atomic E-state index is 7.57. The smallest absolute Gasteiger partial charge is 0.397 e. The van der Waals surface area contributed by atoms with Gasteiger partial charge in [0.25, 0.3) is 0 Å². The van der Waals surface area contributed by atoms with Gasteiger partial charge in [-0.15, -0.1) is 0 Å². The van der Waals surface area contributed by atoms with Crippen LogP contribution in [0.5, 0.6) is 0 Å². The maximum absolute atomic E-state index is 7.57. The quantitative estimate of drug-likeness (QED) is 0.443. The van der Waals surface area contributed by atoms with Gasteiger partial charge >= 0.3 is 21.7 Å². The molecule has 0 radical (unpaired) electrons. The van der Waals surface area contributed by atoms with E-state index in [-0.39, 0.29) is 48.1 Å². The molecule has 0 aliphatic rings. The van der Waals surface area contributed by atoms with Gasteiger partial charge in [0, 0.05) is 26.4 Å². The molecule has 4 N–H and O–H groups in total. The van der Waals surface area contributed by atoms with Gasteiger partial charge in [0.05, 0.1) is 0 Å². The van der Waals surface area contributed by atoms with Crippen molar-refractivity contribution in [2.75, 3.05) is 26.4 Å². The van der Waals surface area contributed by atoms with Gasteiger partial charge in [-0.2, -0.15) is 0 Å². The molecule has 0 aromatic rings. The number of aliphatic hydroxyl groups is 4. The Morgan fingerprint density at radius 1 is 0.538 bits per heavy atom. The van der Waals surface area contributed by atoms with E-state index >= 15 is 0 Å². The predicted octanol–water partition coefficient (Wildman–Crippen LogP) is -0.00810. The van der Waals surface area contributed by atoms with E-state index in [0.717, 1.165) is 0 Å². The average molecular weight is 232 g/mol. The second-order valence-electron chi connectivity index (χ2n) is 1.26. The van der Waals surface area contributed by atoms with E-state index in [2.05, 4.69) is 0 Å². The molecule has 4 nitrogen and oxygen atoms in total. The standard InChI is InChI=1S/4C2H6O.Ti/c4*1-2-3;/h4*3H,2H2,1H3;/q;;;;+4. The van der Waals surface area contributed by atoms with Crippen molar-refractivity contribution in [3.05, 3.63) is 0 Å². The zero-order valence-corrected chi connectivity index (χ0v) is 10.7. The van der Waals surface area contributed by atoms with Crippen LogP contribution in [0.25, 0.3) is 0 Å². The summed E-state index contributed by atoms with van der Waals surface area (Å²) in [7, 11) is 0. The van der Waals surface area contributed by atoms with Crippen LogP contribution in [0.15, 0.2) is 0 Å². The summed E-state index contributed by atoms with van der Waals surface area (Å²) < 4.78 is 0. The van der Waals surface area contributed by atoms with Crippen molar-refractivity contribution in [3.63, 3.8) is 0 Å². The van der Waals surface area contributed by atoms with E-state index in [9.17, 15) is 0 Å². The van der Waals surface area contributed by atoms with Crippen LogP contribution in [0.1, 0.15) is 27.7 Å². The summed E-state index contributed by atoms with van der Waals surface area (Å²) >= 11 is 0. The Morgan fingerprint density at radius 3 is 0.538 bits per heavy atom. The van der Waals surface area contributed by atoms with Crippen LogP contribution in [-0.2, 0) is 21.7 Å². The van der Waals surface area contributed by atoms with E-state index in [4.69, 9.17) is 20.4 Å². The van der Waals surface area contributed by atoms with Crippen LogP contribution in [0, 0.1) is 0 Å². The molecule has 0 rings (SSSR count). The van der Waals surface area contributed by atoms with Crippen molar-refractivity contribution in [3.8, 4) is 0 Å². The molecule has 0 aromatic carbocycles. The van der Waals surface area contributed by atoms with E-state index in [1.54, 1.807) is 27.7 Å². The van der Waals surface area contributed by atoms with Crippen molar-refractivity contribution in [2.45, 2.75) is 27.7 Å².